The summed E-state index contributed by atoms with van der Waals surface area (Å²) in [6, 6.07) is 5.63. The first-order chi connectivity index (χ1) is 10.1. The lowest BCUT2D eigenvalue weighted by atomic mass is 10.0. The molecule has 21 heavy (non-hydrogen) atoms. The fourth-order valence-electron chi connectivity index (χ4n) is 2.71. The van der Waals surface area contributed by atoms with Crippen LogP contribution in [0.3, 0.4) is 0 Å². The topological polar surface area (TPSA) is 12.0 Å². The van der Waals surface area contributed by atoms with Gasteiger partial charge in [0.1, 0.15) is 5.82 Å². The maximum Gasteiger partial charge on any atom is 0.124 e. The maximum atomic E-state index is 13.6. The van der Waals surface area contributed by atoms with Crippen molar-refractivity contribution in [1.29, 1.82) is 0 Å². The fourth-order valence-corrected chi connectivity index (χ4v) is 6.18. The second kappa shape index (κ2) is 8.80. The van der Waals surface area contributed by atoms with E-state index < -0.39 is 0 Å². The van der Waals surface area contributed by atoms with Gasteiger partial charge < -0.3 is 5.32 Å². The van der Waals surface area contributed by atoms with Crippen molar-refractivity contribution in [2.24, 2.45) is 0 Å². The summed E-state index contributed by atoms with van der Waals surface area (Å²) in [5, 5.41) is 4.93. The third kappa shape index (κ3) is 5.45. The van der Waals surface area contributed by atoms with Gasteiger partial charge in [-0.15, -0.1) is 0 Å². The fraction of sp³-hybridized carbons (Fsp3) is 0.625. The highest BCUT2D eigenvalue weighted by molar-refractivity contribution is 9.10. The Morgan fingerprint density at radius 1 is 1.33 bits per heavy atom. The Bertz CT molecular complexity index is 438. The molecule has 1 aliphatic heterocycles. The number of halogens is 2. The van der Waals surface area contributed by atoms with Crippen LogP contribution < -0.4 is 5.32 Å². The van der Waals surface area contributed by atoms with E-state index >= 15 is 0 Å². The highest BCUT2D eigenvalue weighted by Gasteiger charge is 2.30. The molecule has 0 amide bonds. The van der Waals surface area contributed by atoms with E-state index in [1.807, 2.05) is 6.07 Å². The molecule has 0 spiro atoms. The minimum absolute atomic E-state index is 0.160. The predicted molar refractivity (Wildman–Crippen MR) is 98.1 cm³/mol. The minimum atomic E-state index is -0.160. The van der Waals surface area contributed by atoms with Crippen LogP contribution in [-0.4, -0.2) is 34.6 Å². The second-order valence-corrected chi connectivity index (χ2v) is 9.14. The highest BCUT2D eigenvalue weighted by Crippen LogP contribution is 2.34. The second-order valence-electron chi connectivity index (χ2n) is 5.45. The van der Waals surface area contributed by atoms with Gasteiger partial charge in [0.05, 0.1) is 0 Å². The number of thioether (sulfide) groups is 2. The first-order valence-corrected chi connectivity index (χ1v) is 10.4. The van der Waals surface area contributed by atoms with Crippen molar-refractivity contribution in [3.8, 4) is 0 Å². The molecule has 3 atom stereocenters. The molecule has 1 saturated heterocycles. The normalized spacial score (nSPS) is 24.0. The monoisotopic (exact) mass is 391 g/mol. The predicted octanol–water partition coefficient (Wildman–Crippen LogP) is 4.74. The third-order valence-electron chi connectivity index (χ3n) is 3.67. The van der Waals surface area contributed by atoms with Gasteiger partial charge in [0.15, 0.2) is 0 Å². The maximum absolute atomic E-state index is 13.6. The van der Waals surface area contributed by atoms with Crippen LogP contribution in [-0.2, 0) is 6.42 Å². The van der Waals surface area contributed by atoms with Gasteiger partial charge in [0, 0.05) is 32.5 Å². The van der Waals surface area contributed by atoms with Crippen LogP contribution in [0.4, 0.5) is 4.39 Å². The molecule has 0 aliphatic carbocycles. The quantitative estimate of drug-likeness (QED) is 0.751. The van der Waals surface area contributed by atoms with Gasteiger partial charge in [0.2, 0.25) is 0 Å². The Balaban J connectivity index is 2.11. The van der Waals surface area contributed by atoms with Crippen molar-refractivity contribution < 1.29 is 4.39 Å². The Morgan fingerprint density at radius 2 is 2.10 bits per heavy atom. The van der Waals surface area contributed by atoms with E-state index in [1.54, 1.807) is 6.07 Å². The van der Waals surface area contributed by atoms with Crippen LogP contribution in [0.25, 0.3) is 0 Å². The lowest BCUT2D eigenvalue weighted by Crippen LogP contribution is -2.46. The zero-order valence-corrected chi connectivity index (χ0v) is 15.8. The summed E-state index contributed by atoms with van der Waals surface area (Å²) in [6.07, 6.45) is 2.02. The van der Waals surface area contributed by atoms with Crippen LogP contribution in [0.15, 0.2) is 22.7 Å². The number of rotatable bonds is 6. The van der Waals surface area contributed by atoms with Crippen LogP contribution in [0.2, 0.25) is 0 Å². The molecular formula is C16H23BrFNS2. The molecule has 0 radical (unpaired) electrons. The number of benzene rings is 1. The SMILES string of the molecule is CCCNC(Cc1cc(F)cc(Br)c1)C1SCCSC1C. The molecule has 1 aliphatic rings. The molecule has 5 heteroatoms. The molecule has 1 heterocycles. The Labute approximate surface area is 144 Å². The summed E-state index contributed by atoms with van der Waals surface area (Å²) >= 11 is 7.52. The van der Waals surface area contributed by atoms with E-state index in [-0.39, 0.29) is 5.82 Å². The van der Waals surface area contributed by atoms with Crippen molar-refractivity contribution in [2.75, 3.05) is 18.1 Å². The lowest BCUT2D eigenvalue weighted by Gasteiger charge is -2.35. The summed E-state index contributed by atoms with van der Waals surface area (Å²) < 4.78 is 14.4. The van der Waals surface area contributed by atoms with Crippen LogP contribution in [0, 0.1) is 5.82 Å². The molecule has 1 N–H and O–H groups in total. The molecule has 1 aromatic rings. The molecule has 0 aromatic heterocycles. The van der Waals surface area contributed by atoms with E-state index in [0.717, 1.165) is 29.4 Å². The number of nitrogens with one attached hydrogen (secondary N) is 1. The molecule has 2 rings (SSSR count). The third-order valence-corrected chi connectivity index (χ3v) is 7.38. The molecule has 1 nitrogen and oxygen atoms in total. The summed E-state index contributed by atoms with van der Waals surface area (Å²) in [4.78, 5) is 0. The Kier molecular flexibility index (Phi) is 7.39. The molecule has 118 valence electrons. The largest absolute Gasteiger partial charge is 0.313 e. The molecule has 3 unspecified atom stereocenters. The van der Waals surface area contributed by atoms with Crippen molar-refractivity contribution in [3.05, 3.63) is 34.1 Å². The standard InChI is InChI=1S/C16H23BrFNS2/c1-3-4-19-15(16-11(2)20-5-6-21-16)9-12-7-13(17)10-14(18)8-12/h7-8,10-11,15-16,19H,3-6,9H2,1-2H3. The van der Waals surface area contributed by atoms with Gasteiger partial charge >= 0.3 is 0 Å². The minimum Gasteiger partial charge on any atom is -0.313 e. The average Bonchev–Trinajstić information content (AvgIpc) is 2.43. The van der Waals surface area contributed by atoms with Gasteiger partial charge in [-0.3, -0.25) is 0 Å². The van der Waals surface area contributed by atoms with Crippen LogP contribution >= 0.6 is 39.5 Å². The van der Waals surface area contributed by atoms with Gasteiger partial charge in [-0.1, -0.05) is 29.8 Å². The van der Waals surface area contributed by atoms with E-state index in [4.69, 9.17) is 0 Å². The Morgan fingerprint density at radius 3 is 2.76 bits per heavy atom. The zero-order chi connectivity index (χ0) is 15.2. The van der Waals surface area contributed by atoms with E-state index in [0.29, 0.717) is 16.5 Å². The van der Waals surface area contributed by atoms with Crippen molar-refractivity contribution in [3.63, 3.8) is 0 Å². The van der Waals surface area contributed by atoms with E-state index in [9.17, 15) is 4.39 Å². The number of hydrogen-bond donors (Lipinski definition) is 1. The first-order valence-electron chi connectivity index (χ1n) is 7.51. The smallest absolute Gasteiger partial charge is 0.124 e. The highest BCUT2D eigenvalue weighted by atomic mass is 79.9. The van der Waals surface area contributed by atoms with Crippen molar-refractivity contribution >= 4 is 39.5 Å². The van der Waals surface area contributed by atoms with Crippen molar-refractivity contribution in [2.45, 2.75) is 43.2 Å². The summed E-state index contributed by atoms with van der Waals surface area (Å²) in [5.41, 5.74) is 1.07. The van der Waals surface area contributed by atoms with Crippen LogP contribution in [0.1, 0.15) is 25.8 Å². The average molecular weight is 392 g/mol. The molecule has 1 aromatic carbocycles. The first kappa shape index (κ1) is 17.6. The zero-order valence-electron chi connectivity index (χ0n) is 12.6. The summed E-state index contributed by atoms with van der Waals surface area (Å²) in [6.45, 7) is 5.54. The van der Waals surface area contributed by atoms with Crippen molar-refractivity contribution in [1.82, 2.24) is 5.32 Å². The van der Waals surface area contributed by atoms with Gasteiger partial charge in [-0.2, -0.15) is 23.5 Å². The van der Waals surface area contributed by atoms with Gasteiger partial charge in [-0.25, -0.2) is 4.39 Å². The van der Waals surface area contributed by atoms with Gasteiger partial charge in [0.25, 0.3) is 0 Å². The molecular weight excluding hydrogens is 369 g/mol. The summed E-state index contributed by atoms with van der Waals surface area (Å²) in [7, 11) is 0. The molecule has 0 bridgehead atoms. The van der Waals surface area contributed by atoms with Gasteiger partial charge in [-0.05, 0) is 43.1 Å². The lowest BCUT2D eigenvalue weighted by molar-refractivity contribution is 0.485. The number of hydrogen-bond acceptors (Lipinski definition) is 3. The van der Waals surface area contributed by atoms with E-state index in [1.165, 1.54) is 17.6 Å². The molecule has 0 saturated carbocycles. The van der Waals surface area contributed by atoms with E-state index in [2.05, 4.69) is 58.6 Å². The van der Waals surface area contributed by atoms with Crippen LogP contribution in [0.5, 0.6) is 0 Å². The summed E-state index contributed by atoms with van der Waals surface area (Å²) in [5.74, 6) is 2.30. The molecule has 1 fully saturated rings. The Hall–Kier alpha value is 0.290.